The zero-order valence-corrected chi connectivity index (χ0v) is 12.7. The highest BCUT2D eigenvalue weighted by atomic mass is 16.7. The smallest absolute Gasteiger partial charge is 0.180 e. The van der Waals surface area contributed by atoms with Gasteiger partial charge in [-0.3, -0.25) is 0 Å². The number of methoxy groups -OCH3 is 1. The standard InChI is InChI=1S/C15H32O4/c1-3-4-5-10-13-19-15(17-2)14-18-12-9-7-6-8-11-16/h15-16H,3-14H2,1-2H3. The third-order valence-electron chi connectivity index (χ3n) is 3.02. The first-order valence-corrected chi connectivity index (χ1v) is 7.68. The molecule has 0 aliphatic heterocycles. The topological polar surface area (TPSA) is 47.9 Å². The van der Waals surface area contributed by atoms with E-state index in [9.17, 15) is 0 Å². The van der Waals surface area contributed by atoms with Gasteiger partial charge in [-0.1, -0.05) is 39.0 Å². The average Bonchev–Trinajstić information content (AvgIpc) is 2.44. The Bertz CT molecular complexity index is 164. The maximum Gasteiger partial charge on any atom is 0.180 e. The minimum atomic E-state index is -0.237. The predicted octanol–water partition coefficient (Wildman–Crippen LogP) is 3.13. The van der Waals surface area contributed by atoms with Crippen molar-refractivity contribution < 1.29 is 19.3 Å². The van der Waals surface area contributed by atoms with Crippen LogP contribution in [0.3, 0.4) is 0 Å². The van der Waals surface area contributed by atoms with Crippen LogP contribution in [0.25, 0.3) is 0 Å². The fourth-order valence-corrected chi connectivity index (χ4v) is 1.78. The Hall–Kier alpha value is -0.160. The van der Waals surface area contributed by atoms with Crippen molar-refractivity contribution in [3.63, 3.8) is 0 Å². The monoisotopic (exact) mass is 276 g/mol. The van der Waals surface area contributed by atoms with Crippen LogP contribution in [0.2, 0.25) is 0 Å². The van der Waals surface area contributed by atoms with Crippen molar-refractivity contribution in [1.82, 2.24) is 0 Å². The summed E-state index contributed by atoms with van der Waals surface area (Å²) in [5.74, 6) is 0. The summed E-state index contributed by atoms with van der Waals surface area (Å²) in [4.78, 5) is 0. The predicted molar refractivity (Wildman–Crippen MR) is 77.3 cm³/mol. The largest absolute Gasteiger partial charge is 0.396 e. The molecule has 0 aromatic carbocycles. The second-order valence-electron chi connectivity index (χ2n) is 4.81. The van der Waals surface area contributed by atoms with E-state index in [1.807, 2.05) is 0 Å². The molecule has 0 heterocycles. The molecule has 0 bridgehead atoms. The van der Waals surface area contributed by atoms with Gasteiger partial charge in [0.1, 0.15) is 0 Å². The van der Waals surface area contributed by atoms with Crippen molar-refractivity contribution in [2.75, 3.05) is 33.5 Å². The van der Waals surface area contributed by atoms with E-state index in [-0.39, 0.29) is 6.29 Å². The fourth-order valence-electron chi connectivity index (χ4n) is 1.78. The molecule has 0 amide bonds. The van der Waals surface area contributed by atoms with Crippen LogP contribution in [-0.2, 0) is 14.2 Å². The molecule has 0 saturated carbocycles. The molecule has 0 aliphatic rings. The molecule has 0 aromatic rings. The van der Waals surface area contributed by atoms with Crippen LogP contribution in [0.1, 0.15) is 58.3 Å². The number of unbranched alkanes of at least 4 members (excludes halogenated alkanes) is 6. The number of ether oxygens (including phenoxy) is 3. The van der Waals surface area contributed by atoms with Crippen LogP contribution in [0.4, 0.5) is 0 Å². The number of rotatable bonds is 15. The molecule has 0 aliphatic carbocycles. The van der Waals surface area contributed by atoms with Gasteiger partial charge in [0, 0.05) is 26.9 Å². The Labute approximate surface area is 118 Å². The lowest BCUT2D eigenvalue weighted by Gasteiger charge is -2.16. The van der Waals surface area contributed by atoms with Crippen molar-refractivity contribution in [1.29, 1.82) is 0 Å². The van der Waals surface area contributed by atoms with Crippen LogP contribution in [-0.4, -0.2) is 44.9 Å². The van der Waals surface area contributed by atoms with Gasteiger partial charge < -0.3 is 19.3 Å². The van der Waals surface area contributed by atoms with Crippen LogP contribution in [0.15, 0.2) is 0 Å². The lowest BCUT2D eigenvalue weighted by Crippen LogP contribution is -2.22. The van der Waals surface area contributed by atoms with Gasteiger partial charge in [0.25, 0.3) is 0 Å². The van der Waals surface area contributed by atoms with Crippen molar-refractivity contribution >= 4 is 0 Å². The van der Waals surface area contributed by atoms with Crippen molar-refractivity contribution in [3.05, 3.63) is 0 Å². The van der Waals surface area contributed by atoms with Crippen LogP contribution in [0, 0.1) is 0 Å². The van der Waals surface area contributed by atoms with Crippen molar-refractivity contribution in [3.8, 4) is 0 Å². The molecular formula is C15H32O4. The third-order valence-corrected chi connectivity index (χ3v) is 3.02. The Morgan fingerprint density at radius 3 is 2.26 bits per heavy atom. The molecule has 1 atom stereocenters. The summed E-state index contributed by atoms with van der Waals surface area (Å²) in [5, 5.41) is 8.65. The van der Waals surface area contributed by atoms with E-state index in [1.54, 1.807) is 7.11 Å². The fraction of sp³-hybridized carbons (Fsp3) is 1.00. The van der Waals surface area contributed by atoms with Gasteiger partial charge in [0.2, 0.25) is 0 Å². The highest BCUT2D eigenvalue weighted by Crippen LogP contribution is 2.03. The van der Waals surface area contributed by atoms with Gasteiger partial charge in [0.15, 0.2) is 6.29 Å². The van der Waals surface area contributed by atoms with Crippen molar-refractivity contribution in [2.24, 2.45) is 0 Å². The summed E-state index contributed by atoms with van der Waals surface area (Å²) in [5.41, 5.74) is 0. The molecule has 116 valence electrons. The summed E-state index contributed by atoms with van der Waals surface area (Å²) in [6, 6.07) is 0. The Kier molecular flexibility index (Phi) is 15.8. The molecule has 0 radical (unpaired) electrons. The van der Waals surface area contributed by atoms with Crippen LogP contribution in [0.5, 0.6) is 0 Å². The van der Waals surface area contributed by atoms with Gasteiger partial charge >= 0.3 is 0 Å². The van der Waals surface area contributed by atoms with Crippen molar-refractivity contribution in [2.45, 2.75) is 64.6 Å². The minimum Gasteiger partial charge on any atom is -0.396 e. The number of hydrogen-bond acceptors (Lipinski definition) is 4. The zero-order valence-electron chi connectivity index (χ0n) is 12.7. The molecule has 1 N–H and O–H groups in total. The summed E-state index contributed by atoms with van der Waals surface area (Å²) < 4.78 is 16.4. The maximum absolute atomic E-state index is 8.65. The highest BCUT2D eigenvalue weighted by molar-refractivity contribution is 4.46. The minimum absolute atomic E-state index is 0.237. The Balaban J connectivity index is 3.29. The lowest BCUT2D eigenvalue weighted by molar-refractivity contribution is -0.157. The van der Waals surface area contributed by atoms with E-state index in [4.69, 9.17) is 19.3 Å². The SMILES string of the molecule is CCCCCCOC(COCCCCCCO)OC. The third kappa shape index (κ3) is 14.1. The molecular weight excluding hydrogens is 244 g/mol. The van der Waals surface area contributed by atoms with E-state index in [0.29, 0.717) is 13.2 Å². The number of aliphatic hydroxyl groups excluding tert-OH is 1. The van der Waals surface area contributed by atoms with E-state index in [2.05, 4.69) is 6.92 Å². The first-order chi connectivity index (χ1) is 9.35. The number of aliphatic hydroxyl groups is 1. The maximum atomic E-state index is 8.65. The van der Waals surface area contributed by atoms with Gasteiger partial charge in [-0.25, -0.2) is 0 Å². The first kappa shape index (κ1) is 18.8. The van der Waals surface area contributed by atoms with Crippen LogP contribution < -0.4 is 0 Å². The molecule has 0 fully saturated rings. The second kappa shape index (κ2) is 15.9. The van der Waals surface area contributed by atoms with E-state index in [0.717, 1.165) is 45.3 Å². The van der Waals surface area contributed by atoms with E-state index >= 15 is 0 Å². The molecule has 0 saturated heterocycles. The number of hydrogen-bond donors (Lipinski definition) is 1. The molecule has 1 unspecified atom stereocenters. The molecule has 0 aromatic heterocycles. The quantitative estimate of drug-likeness (QED) is 0.369. The van der Waals surface area contributed by atoms with Gasteiger partial charge in [-0.05, 0) is 19.3 Å². The van der Waals surface area contributed by atoms with Gasteiger partial charge in [-0.2, -0.15) is 0 Å². The Morgan fingerprint density at radius 2 is 1.58 bits per heavy atom. The average molecular weight is 276 g/mol. The molecule has 4 nitrogen and oxygen atoms in total. The normalized spacial score (nSPS) is 12.8. The molecule has 4 heteroatoms. The molecule has 19 heavy (non-hydrogen) atoms. The zero-order chi connectivity index (χ0) is 14.2. The Morgan fingerprint density at radius 1 is 0.895 bits per heavy atom. The second-order valence-corrected chi connectivity index (χ2v) is 4.81. The summed E-state index contributed by atoms with van der Waals surface area (Å²) >= 11 is 0. The molecule has 0 spiro atoms. The lowest BCUT2D eigenvalue weighted by atomic mass is 10.2. The summed E-state index contributed by atoms with van der Waals surface area (Å²) in [6.07, 6.45) is 8.69. The van der Waals surface area contributed by atoms with Crippen LogP contribution >= 0.6 is 0 Å². The van der Waals surface area contributed by atoms with E-state index < -0.39 is 0 Å². The van der Waals surface area contributed by atoms with E-state index in [1.165, 1.54) is 19.3 Å². The van der Waals surface area contributed by atoms with Gasteiger partial charge in [0.05, 0.1) is 6.61 Å². The first-order valence-electron chi connectivity index (χ1n) is 7.68. The summed E-state index contributed by atoms with van der Waals surface area (Å²) in [7, 11) is 1.65. The van der Waals surface area contributed by atoms with Gasteiger partial charge in [-0.15, -0.1) is 0 Å². The molecule has 0 rings (SSSR count). The summed E-state index contributed by atoms with van der Waals surface area (Å²) in [6.45, 7) is 4.48. The highest BCUT2D eigenvalue weighted by Gasteiger charge is 2.06.